The summed E-state index contributed by atoms with van der Waals surface area (Å²) in [6, 6.07) is 3.44. The maximum absolute atomic E-state index is 14.8. The average molecular weight is 561 g/mol. The van der Waals surface area contributed by atoms with Gasteiger partial charge in [-0.05, 0) is 59.7 Å². The predicted octanol–water partition coefficient (Wildman–Crippen LogP) is 5.33. The largest absolute Gasteiger partial charge is 0.477 e. The average Bonchev–Trinajstić information content (AvgIpc) is 3.21. The number of hydrogen-bond acceptors (Lipinski definition) is 6. The molecule has 2 aromatic rings. The Balaban J connectivity index is 2.40. The fourth-order valence-corrected chi connectivity index (χ4v) is 3.15. The first-order valence-corrected chi connectivity index (χ1v) is 11.8. The number of aromatic carboxylic acids is 1. The number of hydrogen-bond donors (Lipinski definition) is 1. The van der Waals surface area contributed by atoms with E-state index in [2.05, 4.69) is 5.10 Å². The quantitative estimate of drug-likeness (QED) is 0.455. The molecule has 1 aromatic carbocycles. The van der Waals surface area contributed by atoms with Gasteiger partial charge in [0.1, 0.15) is 17.0 Å². The van der Waals surface area contributed by atoms with Crippen molar-refractivity contribution in [1.82, 2.24) is 19.6 Å². The minimum Gasteiger partial charge on any atom is -0.477 e. The topological polar surface area (TPSA) is 114 Å². The zero-order valence-electron chi connectivity index (χ0n) is 22.7. The third-order valence-corrected chi connectivity index (χ3v) is 4.92. The molecule has 1 N–H and O–H groups in total. The Kier molecular flexibility index (Phi) is 9.25. The molecule has 0 spiro atoms. The number of carboxylic acid groups (broad SMARTS) is 1. The van der Waals surface area contributed by atoms with Crippen LogP contribution in [0.25, 0.3) is 5.69 Å². The van der Waals surface area contributed by atoms with Gasteiger partial charge in [0.15, 0.2) is 11.4 Å². The second-order valence-electron chi connectivity index (χ2n) is 10.7. The molecule has 0 aliphatic heterocycles. The van der Waals surface area contributed by atoms with Crippen molar-refractivity contribution in [3.63, 3.8) is 0 Å². The number of rotatable bonds is 7. The van der Waals surface area contributed by atoms with Crippen LogP contribution in [0.1, 0.15) is 63.3 Å². The van der Waals surface area contributed by atoms with Crippen LogP contribution >= 0.6 is 0 Å². The van der Waals surface area contributed by atoms with Crippen molar-refractivity contribution in [2.45, 2.75) is 65.5 Å². The highest BCUT2D eigenvalue weighted by Gasteiger charge is 2.36. The number of carboxylic acids is 1. The molecule has 1 heterocycles. The number of likely N-dealkylation sites (N-methyl/N-ethyl adjacent to an activating group) is 1. The van der Waals surface area contributed by atoms with Crippen molar-refractivity contribution in [3.05, 3.63) is 47.0 Å². The molecule has 0 unspecified atom stereocenters. The van der Waals surface area contributed by atoms with Gasteiger partial charge in [0.2, 0.25) is 0 Å². The number of aromatic nitrogens is 2. The van der Waals surface area contributed by atoms with Crippen LogP contribution in [-0.4, -0.2) is 74.2 Å². The molecular formula is C25H32F4N4O6. The Morgan fingerprint density at radius 1 is 0.949 bits per heavy atom. The summed E-state index contributed by atoms with van der Waals surface area (Å²) in [4.78, 5) is 39.1. The van der Waals surface area contributed by atoms with Crippen LogP contribution in [0.15, 0.2) is 24.3 Å². The van der Waals surface area contributed by atoms with Crippen LogP contribution in [0.3, 0.4) is 0 Å². The van der Waals surface area contributed by atoms with Crippen LogP contribution in [0.5, 0.6) is 0 Å². The highest BCUT2D eigenvalue weighted by Crippen LogP contribution is 2.30. The minimum atomic E-state index is -4.91. The summed E-state index contributed by atoms with van der Waals surface area (Å²) in [6.45, 7) is 9.40. The molecule has 10 nitrogen and oxygen atoms in total. The van der Waals surface area contributed by atoms with Crippen molar-refractivity contribution in [2.24, 2.45) is 0 Å². The molecule has 0 radical (unpaired) electrons. The Morgan fingerprint density at radius 2 is 1.51 bits per heavy atom. The van der Waals surface area contributed by atoms with Crippen LogP contribution in [0.2, 0.25) is 0 Å². The number of amides is 2. The van der Waals surface area contributed by atoms with E-state index in [1.54, 1.807) is 41.5 Å². The van der Waals surface area contributed by atoms with E-state index >= 15 is 0 Å². The van der Waals surface area contributed by atoms with Gasteiger partial charge in [-0.2, -0.15) is 18.3 Å². The Morgan fingerprint density at radius 3 is 2.03 bits per heavy atom. The van der Waals surface area contributed by atoms with Crippen molar-refractivity contribution >= 4 is 18.2 Å². The zero-order chi connectivity index (χ0) is 29.9. The maximum atomic E-state index is 14.8. The minimum absolute atomic E-state index is 0.0211. The summed E-state index contributed by atoms with van der Waals surface area (Å²) in [5, 5.41) is 12.7. The van der Waals surface area contributed by atoms with Crippen molar-refractivity contribution in [1.29, 1.82) is 0 Å². The van der Waals surface area contributed by atoms with E-state index in [0.717, 1.165) is 23.1 Å². The van der Waals surface area contributed by atoms with E-state index in [1.807, 2.05) is 0 Å². The third kappa shape index (κ3) is 9.14. The van der Waals surface area contributed by atoms with Crippen molar-refractivity contribution in [3.8, 4) is 5.69 Å². The van der Waals surface area contributed by atoms with Crippen LogP contribution in [0.4, 0.5) is 27.2 Å². The second kappa shape index (κ2) is 11.5. The number of benzene rings is 1. The first-order valence-electron chi connectivity index (χ1n) is 11.8. The van der Waals surface area contributed by atoms with E-state index in [1.165, 1.54) is 11.9 Å². The van der Waals surface area contributed by atoms with Gasteiger partial charge in [-0.25, -0.2) is 23.5 Å². The highest BCUT2D eigenvalue weighted by molar-refractivity contribution is 5.86. The third-order valence-electron chi connectivity index (χ3n) is 4.92. The first kappa shape index (κ1) is 31.4. The van der Waals surface area contributed by atoms with Gasteiger partial charge in [-0.3, -0.25) is 0 Å². The fourth-order valence-electron chi connectivity index (χ4n) is 3.15. The first-order chi connectivity index (χ1) is 17.7. The van der Waals surface area contributed by atoms with Crippen LogP contribution in [0, 0.1) is 5.82 Å². The molecule has 0 bridgehead atoms. The van der Waals surface area contributed by atoms with Crippen molar-refractivity contribution < 1.29 is 46.5 Å². The molecule has 216 valence electrons. The standard InChI is InChI=1S/C25H32F4N4O6/c1-23(2,3)38-21(36)31(7)10-11-32(22(37)39-24(4,5)6)14-15-12-16(8-9-17(15)26)33-18(20(34)35)13-19(30-33)25(27,28)29/h8-9,12-13H,10-11,14H2,1-7H3,(H,34,35). The Bertz CT molecular complexity index is 1210. The Hall–Kier alpha value is -3.84. The number of carbonyl (C=O) groups excluding carboxylic acids is 2. The molecule has 39 heavy (non-hydrogen) atoms. The molecule has 2 rings (SSSR count). The highest BCUT2D eigenvalue weighted by atomic mass is 19.4. The molecule has 0 fully saturated rings. The summed E-state index contributed by atoms with van der Waals surface area (Å²) in [6.07, 6.45) is -6.40. The molecule has 0 saturated heterocycles. The summed E-state index contributed by atoms with van der Waals surface area (Å²) in [5.74, 6) is -2.49. The molecule has 0 saturated carbocycles. The maximum Gasteiger partial charge on any atom is 0.435 e. The number of alkyl halides is 3. The second-order valence-corrected chi connectivity index (χ2v) is 10.7. The Labute approximate surface area is 223 Å². The lowest BCUT2D eigenvalue weighted by Gasteiger charge is -2.30. The number of ether oxygens (including phenoxy) is 2. The summed E-state index contributed by atoms with van der Waals surface area (Å²) < 4.78 is 65.6. The lowest BCUT2D eigenvalue weighted by Crippen LogP contribution is -2.43. The lowest BCUT2D eigenvalue weighted by atomic mass is 10.1. The molecule has 0 aliphatic rings. The van der Waals surface area contributed by atoms with Gasteiger partial charge in [0, 0.05) is 31.8 Å². The molecular weight excluding hydrogens is 528 g/mol. The van der Waals surface area contributed by atoms with Gasteiger partial charge in [-0.15, -0.1) is 0 Å². The summed E-state index contributed by atoms with van der Waals surface area (Å²) in [7, 11) is 1.45. The number of carbonyl (C=O) groups is 3. The van der Waals surface area contributed by atoms with E-state index in [4.69, 9.17) is 9.47 Å². The predicted molar refractivity (Wildman–Crippen MR) is 131 cm³/mol. The van der Waals surface area contributed by atoms with Gasteiger partial charge in [-0.1, -0.05) is 0 Å². The van der Waals surface area contributed by atoms with E-state index < -0.39 is 59.3 Å². The van der Waals surface area contributed by atoms with Gasteiger partial charge >= 0.3 is 24.3 Å². The van der Waals surface area contributed by atoms with Crippen LogP contribution < -0.4 is 0 Å². The normalized spacial score (nSPS) is 12.2. The number of halogens is 4. The van der Waals surface area contributed by atoms with Gasteiger partial charge in [0.25, 0.3) is 0 Å². The van der Waals surface area contributed by atoms with Gasteiger partial charge in [0.05, 0.1) is 12.2 Å². The SMILES string of the molecule is CN(CCN(Cc1cc(-n2nc(C(F)(F)F)cc2C(=O)O)ccc1F)C(=O)OC(C)(C)C)C(=O)OC(C)(C)C. The molecule has 0 aliphatic carbocycles. The fraction of sp³-hybridized carbons (Fsp3) is 0.520. The summed E-state index contributed by atoms with van der Waals surface area (Å²) >= 11 is 0. The monoisotopic (exact) mass is 560 g/mol. The molecule has 2 amide bonds. The molecule has 1 aromatic heterocycles. The smallest absolute Gasteiger partial charge is 0.435 e. The van der Waals surface area contributed by atoms with E-state index in [0.29, 0.717) is 10.7 Å². The summed E-state index contributed by atoms with van der Waals surface area (Å²) in [5.41, 5.74) is -4.22. The lowest BCUT2D eigenvalue weighted by molar-refractivity contribution is -0.141. The molecule has 0 atom stereocenters. The zero-order valence-corrected chi connectivity index (χ0v) is 22.7. The van der Waals surface area contributed by atoms with Gasteiger partial charge < -0.3 is 24.4 Å². The van der Waals surface area contributed by atoms with E-state index in [9.17, 15) is 37.1 Å². The van der Waals surface area contributed by atoms with Crippen LogP contribution in [-0.2, 0) is 22.2 Å². The number of nitrogens with zero attached hydrogens (tertiary/aromatic N) is 4. The van der Waals surface area contributed by atoms with Crippen molar-refractivity contribution in [2.75, 3.05) is 20.1 Å². The van der Waals surface area contributed by atoms with E-state index in [-0.39, 0.29) is 24.3 Å². The molecule has 14 heteroatoms.